The number of rotatable bonds is 5. The van der Waals surface area contributed by atoms with E-state index in [2.05, 4.69) is 10.2 Å². The molecule has 0 saturated carbocycles. The smallest absolute Gasteiger partial charge is 0.239 e. The van der Waals surface area contributed by atoms with E-state index in [1.807, 2.05) is 40.0 Å². The van der Waals surface area contributed by atoms with Crippen molar-refractivity contribution in [3.05, 3.63) is 30.2 Å². The molecular weight excluding hydrogens is 381 g/mol. The summed E-state index contributed by atoms with van der Waals surface area (Å²) in [6.07, 6.45) is 6.75. The number of hydrogen-bond donors (Lipinski definition) is 1. The van der Waals surface area contributed by atoms with Gasteiger partial charge in [-0.05, 0) is 43.4 Å². The number of nitrogens with zero attached hydrogens (tertiary/aromatic N) is 4. The number of nitrogens with two attached hydrogens (primary N) is 1. The van der Waals surface area contributed by atoms with Crippen molar-refractivity contribution in [2.45, 2.75) is 31.2 Å². The molecule has 1 fully saturated rings. The Morgan fingerprint density at radius 3 is 2.96 bits per heavy atom. The molecule has 0 radical (unpaired) electrons. The predicted molar refractivity (Wildman–Crippen MR) is 107 cm³/mol. The Balaban J connectivity index is 0.00000156. The number of hydrogen-bond acceptors (Lipinski definition) is 5. The third kappa shape index (κ3) is 5.00. The molecule has 1 aliphatic rings. The molecule has 3 heterocycles. The Bertz CT molecular complexity index is 683. The van der Waals surface area contributed by atoms with Crippen molar-refractivity contribution in [3.8, 4) is 0 Å². The van der Waals surface area contributed by atoms with E-state index in [-0.39, 0.29) is 36.6 Å². The molecule has 25 heavy (non-hydrogen) atoms. The van der Waals surface area contributed by atoms with Crippen LogP contribution in [0.4, 0.5) is 0 Å². The van der Waals surface area contributed by atoms with Gasteiger partial charge < -0.3 is 10.6 Å². The number of piperidine rings is 1. The van der Waals surface area contributed by atoms with Gasteiger partial charge in [-0.15, -0.1) is 35.0 Å². The van der Waals surface area contributed by atoms with E-state index in [0.717, 1.165) is 43.0 Å². The zero-order valence-electron chi connectivity index (χ0n) is 14.2. The normalized spacial score (nSPS) is 18.3. The fourth-order valence-corrected chi connectivity index (χ4v) is 3.62. The SMILES string of the molecule is CSCCC(N)C(=O)N1CCCC(c2nnc3ccccn23)C1.Cl.Cl. The van der Waals surface area contributed by atoms with Crippen molar-refractivity contribution in [1.29, 1.82) is 0 Å². The summed E-state index contributed by atoms with van der Waals surface area (Å²) in [5, 5.41) is 8.57. The van der Waals surface area contributed by atoms with E-state index in [0.29, 0.717) is 6.54 Å². The molecule has 0 bridgehead atoms. The van der Waals surface area contributed by atoms with Crippen LogP contribution in [0.2, 0.25) is 0 Å². The fraction of sp³-hybridized carbons (Fsp3) is 0.562. The number of amides is 1. The number of pyridine rings is 1. The van der Waals surface area contributed by atoms with E-state index in [1.165, 1.54) is 0 Å². The van der Waals surface area contributed by atoms with E-state index >= 15 is 0 Å². The van der Waals surface area contributed by atoms with Crippen LogP contribution in [0.3, 0.4) is 0 Å². The first kappa shape index (κ1) is 22.0. The Hall–Kier alpha value is -1.02. The Morgan fingerprint density at radius 1 is 1.40 bits per heavy atom. The van der Waals surface area contributed by atoms with E-state index in [1.54, 1.807) is 11.8 Å². The maximum Gasteiger partial charge on any atom is 0.239 e. The van der Waals surface area contributed by atoms with Gasteiger partial charge in [-0.1, -0.05) is 6.07 Å². The molecule has 0 aromatic carbocycles. The minimum atomic E-state index is -0.392. The third-order valence-corrected chi connectivity index (χ3v) is 5.03. The summed E-state index contributed by atoms with van der Waals surface area (Å²) in [7, 11) is 0. The summed E-state index contributed by atoms with van der Waals surface area (Å²) < 4.78 is 2.02. The monoisotopic (exact) mass is 405 g/mol. The number of likely N-dealkylation sites (tertiary alicyclic amines) is 1. The highest BCUT2D eigenvalue weighted by Crippen LogP contribution is 2.26. The zero-order valence-corrected chi connectivity index (χ0v) is 16.7. The molecule has 2 aromatic heterocycles. The zero-order chi connectivity index (χ0) is 16.2. The van der Waals surface area contributed by atoms with Gasteiger partial charge in [0, 0.05) is 25.2 Å². The molecular formula is C16H25Cl2N5OS. The Morgan fingerprint density at radius 2 is 2.20 bits per heavy atom. The van der Waals surface area contributed by atoms with Crippen LogP contribution in [-0.2, 0) is 4.79 Å². The highest BCUT2D eigenvalue weighted by molar-refractivity contribution is 7.98. The minimum Gasteiger partial charge on any atom is -0.341 e. The minimum absolute atomic E-state index is 0. The fourth-order valence-electron chi connectivity index (χ4n) is 3.13. The van der Waals surface area contributed by atoms with Gasteiger partial charge in [0.05, 0.1) is 6.04 Å². The van der Waals surface area contributed by atoms with Crippen LogP contribution in [0.25, 0.3) is 5.65 Å². The standard InChI is InChI=1S/C16H23N5OS.2ClH/c1-23-10-7-13(17)16(22)20-8-4-5-12(11-20)15-19-18-14-6-2-3-9-21(14)15;;/h2-3,6,9,12-13H,4-5,7-8,10-11,17H2,1H3;2*1H. The molecule has 140 valence electrons. The first-order chi connectivity index (χ1) is 11.2. The lowest BCUT2D eigenvalue weighted by molar-refractivity contribution is -0.133. The van der Waals surface area contributed by atoms with Crippen LogP contribution < -0.4 is 5.73 Å². The maximum atomic E-state index is 12.5. The van der Waals surface area contributed by atoms with Gasteiger partial charge in [0.2, 0.25) is 5.91 Å². The van der Waals surface area contributed by atoms with Gasteiger partial charge >= 0.3 is 0 Å². The number of thioether (sulfide) groups is 1. The predicted octanol–water partition coefficient (Wildman–Crippen LogP) is 2.36. The van der Waals surface area contributed by atoms with Crippen LogP contribution in [-0.4, -0.2) is 56.5 Å². The Kier molecular flexibility index (Phi) is 8.99. The first-order valence-electron chi connectivity index (χ1n) is 8.03. The molecule has 1 amide bonds. The number of halogens is 2. The summed E-state index contributed by atoms with van der Waals surface area (Å²) >= 11 is 1.72. The van der Waals surface area contributed by atoms with Crippen molar-refractivity contribution in [2.75, 3.05) is 25.1 Å². The first-order valence-corrected chi connectivity index (χ1v) is 9.43. The maximum absolute atomic E-state index is 12.5. The van der Waals surface area contributed by atoms with Crippen LogP contribution in [0, 0.1) is 0 Å². The van der Waals surface area contributed by atoms with Gasteiger partial charge in [0.1, 0.15) is 5.82 Å². The molecule has 0 aliphatic carbocycles. The van der Waals surface area contributed by atoms with Crippen LogP contribution in [0.1, 0.15) is 31.0 Å². The molecule has 2 aromatic rings. The van der Waals surface area contributed by atoms with Gasteiger partial charge in [0.25, 0.3) is 0 Å². The third-order valence-electron chi connectivity index (χ3n) is 4.39. The molecule has 2 N–H and O–H groups in total. The summed E-state index contributed by atoms with van der Waals surface area (Å²) in [6.45, 7) is 1.47. The summed E-state index contributed by atoms with van der Waals surface area (Å²) in [6, 6.07) is 5.48. The van der Waals surface area contributed by atoms with Gasteiger partial charge in [0.15, 0.2) is 5.65 Å². The van der Waals surface area contributed by atoms with E-state index < -0.39 is 6.04 Å². The average molecular weight is 406 g/mol. The molecule has 3 rings (SSSR count). The van der Waals surface area contributed by atoms with Gasteiger partial charge in [-0.25, -0.2) is 0 Å². The number of carbonyl (C=O) groups is 1. The van der Waals surface area contributed by atoms with Crippen LogP contribution >= 0.6 is 36.6 Å². The quantitative estimate of drug-likeness (QED) is 0.825. The summed E-state index contributed by atoms with van der Waals surface area (Å²) in [5.74, 6) is 2.14. The average Bonchev–Trinajstić information content (AvgIpc) is 3.03. The van der Waals surface area contributed by atoms with Crippen molar-refractivity contribution in [2.24, 2.45) is 5.73 Å². The van der Waals surface area contributed by atoms with Gasteiger partial charge in [-0.3, -0.25) is 9.20 Å². The number of carbonyl (C=O) groups excluding carboxylic acids is 1. The second-order valence-corrected chi connectivity index (χ2v) is 6.98. The molecule has 0 spiro atoms. The highest BCUT2D eigenvalue weighted by atomic mass is 35.5. The molecule has 1 saturated heterocycles. The van der Waals surface area contributed by atoms with Crippen molar-refractivity contribution >= 4 is 48.1 Å². The lowest BCUT2D eigenvalue weighted by Gasteiger charge is -2.33. The highest BCUT2D eigenvalue weighted by Gasteiger charge is 2.29. The largest absolute Gasteiger partial charge is 0.341 e. The molecule has 9 heteroatoms. The summed E-state index contributed by atoms with van der Waals surface area (Å²) in [5.41, 5.74) is 6.90. The molecule has 2 unspecified atom stereocenters. The molecule has 6 nitrogen and oxygen atoms in total. The topological polar surface area (TPSA) is 76.5 Å². The second kappa shape index (κ2) is 10.2. The van der Waals surface area contributed by atoms with Gasteiger partial charge in [-0.2, -0.15) is 11.8 Å². The van der Waals surface area contributed by atoms with E-state index in [4.69, 9.17) is 5.73 Å². The lowest BCUT2D eigenvalue weighted by Crippen LogP contribution is -2.48. The van der Waals surface area contributed by atoms with Crippen molar-refractivity contribution in [1.82, 2.24) is 19.5 Å². The van der Waals surface area contributed by atoms with Crippen molar-refractivity contribution < 1.29 is 4.79 Å². The Labute approximate surface area is 164 Å². The number of aromatic nitrogens is 3. The van der Waals surface area contributed by atoms with Crippen molar-refractivity contribution in [3.63, 3.8) is 0 Å². The second-order valence-electron chi connectivity index (χ2n) is 6.00. The van der Waals surface area contributed by atoms with Crippen LogP contribution in [0.15, 0.2) is 24.4 Å². The van der Waals surface area contributed by atoms with Crippen LogP contribution in [0.5, 0.6) is 0 Å². The van der Waals surface area contributed by atoms with E-state index in [9.17, 15) is 4.79 Å². The number of fused-ring (bicyclic) bond motifs is 1. The summed E-state index contributed by atoms with van der Waals surface area (Å²) in [4.78, 5) is 14.4. The molecule has 2 atom stereocenters. The lowest BCUT2D eigenvalue weighted by atomic mass is 9.96. The molecule has 1 aliphatic heterocycles.